The van der Waals surface area contributed by atoms with Gasteiger partial charge in [-0.3, -0.25) is 4.79 Å². The van der Waals surface area contributed by atoms with Crippen molar-refractivity contribution in [2.75, 3.05) is 5.75 Å². The molecule has 5 heteroatoms. The van der Waals surface area contributed by atoms with Crippen molar-refractivity contribution in [3.63, 3.8) is 0 Å². The molecule has 0 saturated heterocycles. The van der Waals surface area contributed by atoms with Crippen LogP contribution in [0, 0.1) is 5.92 Å². The Morgan fingerprint density at radius 1 is 1.17 bits per heavy atom. The van der Waals surface area contributed by atoms with Gasteiger partial charge in [-0.2, -0.15) is 0 Å². The number of hydrogen-bond donors (Lipinski definition) is 2. The molecule has 0 aliphatic heterocycles. The van der Waals surface area contributed by atoms with E-state index >= 15 is 0 Å². The highest BCUT2D eigenvalue weighted by Crippen LogP contribution is 2.30. The van der Waals surface area contributed by atoms with E-state index in [1.807, 2.05) is 12.1 Å². The summed E-state index contributed by atoms with van der Waals surface area (Å²) in [7, 11) is 0. The molecule has 24 heavy (non-hydrogen) atoms. The summed E-state index contributed by atoms with van der Waals surface area (Å²) in [5, 5.41) is 13.6. The highest BCUT2D eigenvalue weighted by atomic mass is 32.2. The van der Waals surface area contributed by atoms with E-state index in [0.717, 1.165) is 42.4 Å². The Kier molecular flexibility index (Phi) is 6.55. The summed E-state index contributed by atoms with van der Waals surface area (Å²) in [5.41, 5.74) is 0.699. The van der Waals surface area contributed by atoms with Gasteiger partial charge in [0.05, 0.1) is 11.7 Å². The van der Waals surface area contributed by atoms with Gasteiger partial charge >= 0.3 is 0 Å². The van der Waals surface area contributed by atoms with Crippen LogP contribution in [0.15, 0.2) is 23.4 Å². The molecule has 0 radical (unpaired) electrons. The summed E-state index contributed by atoms with van der Waals surface area (Å²) in [6.07, 6.45) is 11.5. The minimum Gasteiger partial charge on any atom is -0.393 e. The average Bonchev–Trinajstić information content (AvgIpc) is 2.63. The molecule has 2 N–H and O–H groups in total. The van der Waals surface area contributed by atoms with Crippen LogP contribution in [0.3, 0.4) is 0 Å². The van der Waals surface area contributed by atoms with E-state index in [1.165, 1.54) is 32.1 Å². The van der Waals surface area contributed by atoms with E-state index in [4.69, 9.17) is 0 Å². The van der Waals surface area contributed by atoms with Gasteiger partial charge in [-0.25, -0.2) is 4.98 Å². The van der Waals surface area contributed by atoms with Gasteiger partial charge in [0.15, 0.2) is 0 Å². The van der Waals surface area contributed by atoms with Crippen molar-refractivity contribution in [1.82, 2.24) is 10.3 Å². The molecule has 0 spiro atoms. The predicted octanol–water partition coefficient (Wildman–Crippen LogP) is 3.79. The first-order chi connectivity index (χ1) is 11.7. The molecule has 2 saturated carbocycles. The first-order valence-electron chi connectivity index (χ1n) is 9.29. The van der Waals surface area contributed by atoms with Crippen molar-refractivity contribution in [2.45, 2.75) is 75.0 Å². The van der Waals surface area contributed by atoms with Gasteiger partial charge in [0.25, 0.3) is 5.91 Å². The monoisotopic (exact) mass is 348 g/mol. The number of aromatic nitrogens is 1. The molecule has 1 aromatic rings. The van der Waals surface area contributed by atoms with Crippen LogP contribution in [0.4, 0.5) is 0 Å². The summed E-state index contributed by atoms with van der Waals surface area (Å²) in [4.78, 5) is 17.1. The number of nitrogens with zero attached hydrogens (tertiary/aromatic N) is 1. The normalized spacial score (nSPS) is 25.4. The van der Waals surface area contributed by atoms with E-state index in [0.29, 0.717) is 5.56 Å². The van der Waals surface area contributed by atoms with Gasteiger partial charge in [-0.15, -0.1) is 11.8 Å². The molecule has 0 aromatic carbocycles. The van der Waals surface area contributed by atoms with E-state index in [1.54, 1.807) is 18.0 Å². The zero-order chi connectivity index (χ0) is 16.8. The maximum absolute atomic E-state index is 12.6. The number of pyridine rings is 1. The second-order valence-electron chi connectivity index (χ2n) is 7.15. The maximum Gasteiger partial charge on any atom is 0.254 e. The van der Waals surface area contributed by atoms with E-state index in [9.17, 15) is 9.90 Å². The van der Waals surface area contributed by atoms with Crippen molar-refractivity contribution in [2.24, 2.45) is 5.92 Å². The Bertz CT molecular complexity index is 538. The lowest BCUT2D eigenvalue weighted by Gasteiger charge is -2.26. The Morgan fingerprint density at radius 3 is 2.67 bits per heavy atom. The maximum atomic E-state index is 12.6. The number of aliphatic hydroxyl groups is 1. The molecule has 1 amide bonds. The Hall–Kier alpha value is -1.07. The Morgan fingerprint density at radius 2 is 1.92 bits per heavy atom. The number of thioether (sulfide) groups is 1. The molecule has 4 nitrogen and oxygen atoms in total. The fourth-order valence-corrected chi connectivity index (χ4v) is 4.89. The van der Waals surface area contributed by atoms with Crippen LogP contribution >= 0.6 is 11.8 Å². The van der Waals surface area contributed by atoms with Crippen LogP contribution in [0.25, 0.3) is 0 Å². The second kappa shape index (κ2) is 8.86. The average molecular weight is 349 g/mol. The van der Waals surface area contributed by atoms with Crippen LogP contribution in [-0.4, -0.2) is 33.9 Å². The van der Waals surface area contributed by atoms with E-state index < -0.39 is 0 Å². The zero-order valence-corrected chi connectivity index (χ0v) is 15.1. The molecular formula is C19H28N2O2S. The highest BCUT2D eigenvalue weighted by Gasteiger charge is 2.23. The van der Waals surface area contributed by atoms with Gasteiger partial charge in [-0.05, 0) is 56.6 Å². The molecule has 1 aromatic heterocycles. The third kappa shape index (κ3) is 4.96. The number of hydrogen-bond acceptors (Lipinski definition) is 4. The molecule has 2 fully saturated rings. The number of carbonyl (C=O) groups is 1. The predicted molar refractivity (Wildman–Crippen MR) is 97.3 cm³/mol. The Labute approximate surface area is 148 Å². The third-order valence-electron chi connectivity index (χ3n) is 5.23. The highest BCUT2D eigenvalue weighted by molar-refractivity contribution is 7.99. The largest absolute Gasteiger partial charge is 0.393 e. The lowest BCUT2D eigenvalue weighted by molar-refractivity contribution is 0.0864. The van der Waals surface area contributed by atoms with Crippen LogP contribution in [0.2, 0.25) is 0 Å². The Balaban J connectivity index is 1.57. The molecule has 3 rings (SSSR count). The number of amides is 1. The number of rotatable bonds is 5. The van der Waals surface area contributed by atoms with Crippen molar-refractivity contribution in [1.29, 1.82) is 0 Å². The molecule has 2 aliphatic carbocycles. The van der Waals surface area contributed by atoms with Gasteiger partial charge in [0.2, 0.25) is 0 Å². The first-order valence-corrected chi connectivity index (χ1v) is 10.3. The topological polar surface area (TPSA) is 62.2 Å². The first kappa shape index (κ1) is 17.7. The van der Waals surface area contributed by atoms with Crippen molar-refractivity contribution < 1.29 is 9.90 Å². The molecule has 1 heterocycles. The van der Waals surface area contributed by atoms with E-state index in [-0.39, 0.29) is 18.1 Å². The summed E-state index contributed by atoms with van der Waals surface area (Å²) in [6.45, 7) is 0. The molecule has 132 valence electrons. The standard InChI is InChI=1S/C19H28N2O2S/c22-16-10-8-15(9-11-16)21-18(23)17-7-4-12-20-19(17)24-13-14-5-2-1-3-6-14/h4,7,12,14-16,22H,1-3,5-6,8-11,13H2,(H,21,23). The zero-order valence-electron chi connectivity index (χ0n) is 14.2. The van der Waals surface area contributed by atoms with Gasteiger partial charge in [0.1, 0.15) is 5.03 Å². The quantitative estimate of drug-likeness (QED) is 0.795. The summed E-state index contributed by atoms with van der Waals surface area (Å²) in [6, 6.07) is 3.89. The van der Waals surface area contributed by atoms with Gasteiger partial charge < -0.3 is 10.4 Å². The number of nitrogens with one attached hydrogen (secondary N) is 1. The number of carbonyl (C=O) groups excluding carboxylic acids is 1. The fourth-order valence-electron chi connectivity index (χ4n) is 3.71. The fraction of sp³-hybridized carbons (Fsp3) is 0.684. The van der Waals surface area contributed by atoms with Crippen LogP contribution in [0.1, 0.15) is 68.1 Å². The third-order valence-corrected chi connectivity index (χ3v) is 6.47. The molecule has 0 bridgehead atoms. The molecule has 0 atom stereocenters. The van der Waals surface area contributed by atoms with Crippen LogP contribution < -0.4 is 5.32 Å². The SMILES string of the molecule is O=C(NC1CCC(O)CC1)c1cccnc1SCC1CCCCC1. The molecule has 0 unspecified atom stereocenters. The van der Waals surface area contributed by atoms with Crippen molar-refractivity contribution >= 4 is 17.7 Å². The van der Waals surface area contributed by atoms with Crippen LogP contribution in [0.5, 0.6) is 0 Å². The minimum atomic E-state index is -0.196. The summed E-state index contributed by atoms with van der Waals surface area (Å²) >= 11 is 1.73. The van der Waals surface area contributed by atoms with E-state index in [2.05, 4.69) is 10.3 Å². The second-order valence-corrected chi connectivity index (χ2v) is 8.16. The minimum absolute atomic E-state index is 0.0179. The summed E-state index contributed by atoms with van der Waals surface area (Å²) < 4.78 is 0. The van der Waals surface area contributed by atoms with Crippen LogP contribution in [-0.2, 0) is 0 Å². The molecular weight excluding hydrogens is 320 g/mol. The van der Waals surface area contributed by atoms with Gasteiger partial charge in [-0.1, -0.05) is 19.3 Å². The lowest BCUT2D eigenvalue weighted by atomic mass is 9.91. The van der Waals surface area contributed by atoms with Crippen molar-refractivity contribution in [3.8, 4) is 0 Å². The van der Waals surface area contributed by atoms with Gasteiger partial charge in [0, 0.05) is 18.0 Å². The molecule has 2 aliphatic rings. The van der Waals surface area contributed by atoms with Crippen molar-refractivity contribution in [3.05, 3.63) is 23.9 Å². The lowest BCUT2D eigenvalue weighted by Crippen LogP contribution is -2.38. The number of aliphatic hydroxyl groups excluding tert-OH is 1. The smallest absolute Gasteiger partial charge is 0.254 e. The summed E-state index contributed by atoms with van der Waals surface area (Å²) in [5.74, 6) is 1.81.